The molecule has 0 spiro atoms. The van der Waals surface area contributed by atoms with Gasteiger partial charge in [-0.1, -0.05) is 23.7 Å². The van der Waals surface area contributed by atoms with Crippen molar-refractivity contribution in [1.82, 2.24) is 5.43 Å². The summed E-state index contributed by atoms with van der Waals surface area (Å²) in [7, 11) is 0. The van der Waals surface area contributed by atoms with E-state index in [1.54, 1.807) is 36.4 Å². The fourth-order valence-corrected chi connectivity index (χ4v) is 2.28. The number of rotatable bonds is 6. The van der Waals surface area contributed by atoms with Gasteiger partial charge in [0.1, 0.15) is 12.4 Å². The molecule has 1 N–H and O–H groups in total. The highest BCUT2D eigenvalue weighted by Gasteiger charge is 2.25. The quantitative estimate of drug-likeness (QED) is 0.569. The predicted octanol–water partition coefficient (Wildman–Crippen LogP) is 4.90. The molecular weight excluding hydrogens is 369 g/mol. The molecule has 0 radical (unpaired) electrons. The molecule has 1 amide bonds. The van der Waals surface area contributed by atoms with Gasteiger partial charge >= 0.3 is 6.18 Å². The molecule has 0 bridgehead atoms. The van der Waals surface area contributed by atoms with E-state index in [4.69, 9.17) is 16.3 Å². The number of carbonyl (C=O) groups is 1. The summed E-state index contributed by atoms with van der Waals surface area (Å²) in [5.41, 5.74) is 3.94. The maximum atomic E-state index is 12.0. The standard InChI is InChI=1S/C18H16ClF3N2O2/c1-12-9-15(19)5-6-16(12)26-11-13-3-2-4-14(10-13)17(25)24-23-8-7-18(20,21)22/h2-6,8-10H,7,11H2,1H3,(H,24,25)/b23-8+. The van der Waals surface area contributed by atoms with Crippen LogP contribution in [0, 0.1) is 6.92 Å². The second-order valence-corrected chi connectivity index (χ2v) is 5.91. The van der Waals surface area contributed by atoms with Crippen molar-refractivity contribution in [2.75, 3.05) is 0 Å². The van der Waals surface area contributed by atoms with Crippen LogP contribution >= 0.6 is 11.6 Å². The second kappa shape index (κ2) is 8.71. The van der Waals surface area contributed by atoms with Gasteiger partial charge in [0, 0.05) is 16.8 Å². The Labute approximate surface area is 153 Å². The number of nitrogens with one attached hydrogen (secondary N) is 1. The zero-order valence-corrected chi connectivity index (χ0v) is 14.6. The first-order valence-corrected chi connectivity index (χ1v) is 7.99. The first-order chi connectivity index (χ1) is 12.2. The third-order valence-electron chi connectivity index (χ3n) is 3.30. The van der Waals surface area contributed by atoms with Crippen molar-refractivity contribution >= 4 is 23.7 Å². The Bertz CT molecular complexity index is 807. The molecule has 0 saturated heterocycles. The van der Waals surface area contributed by atoms with Gasteiger partial charge in [-0.15, -0.1) is 0 Å². The maximum absolute atomic E-state index is 12.0. The third kappa shape index (κ3) is 6.40. The Kier molecular flexibility index (Phi) is 6.63. The molecule has 0 atom stereocenters. The van der Waals surface area contributed by atoms with Crippen LogP contribution in [-0.4, -0.2) is 18.3 Å². The molecule has 0 unspecified atom stereocenters. The fourth-order valence-electron chi connectivity index (χ4n) is 2.06. The molecule has 2 aromatic rings. The number of carbonyl (C=O) groups excluding carboxylic acids is 1. The lowest BCUT2D eigenvalue weighted by Gasteiger charge is -2.10. The monoisotopic (exact) mass is 384 g/mol. The molecule has 0 aliphatic heterocycles. The number of hydrazone groups is 1. The van der Waals surface area contributed by atoms with Crippen LogP contribution in [0.4, 0.5) is 13.2 Å². The number of benzene rings is 2. The van der Waals surface area contributed by atoms with Gasteiger partial charge in [0.05, 0.1) is 6.42 Å². The van der Waals surface area contributed by atoms with Gasteiger partial charge in [0.2, 0.25) is 0 Å². The van der Waals surface area contributed by atoms with Crippen LogP contribution in [0.2, 0.25) is 5.02 Å². The van der Waals surface area contributed by atoms with Crippen molar-refractivity contribution in [3.8, 4) is 5.75 Å². The zero-order chi connectivity index (χ0) is 19.2. The van der Waals surface area contributed by atoms with Crippen LogP contribution in [0.25, 0.3) is 0 Å². The predicted molar refractivity (Wildman–Crippen MR) is 93.6 cm³/mol. The van der Waals surface area contributed by atoms with Gasteiger partial charge in [-0.05, 0) is 48.4 Å². The summed E-state index contributed by atoms with van der Waals surface area (Å²) in [6.07, 6.45) is -4.96. The number of hydrogen-bond donors (Lipinski definition) is 1. The van der Waals surface area contributed by atoms with Crippen LogP contribution < -0.4 is 10.2 Å². The smallest absolute Gasteiger partial charge is 0.394 e. The number of nitrogens with zero attached hydrogens (tertiary/aromatic N) is 1. The Morgan fingerprint density at radius 2 is 2.04 bits per heavy atom. The largest absolute Gasteiger partial charge is 0.489 e. The molecule has 2 aromatic carbocycles. The lowest BCUT2D eigenvalue weighted by atomic mass is 10.1. The Morgan fingerprint density at radius 3 is 2.73 bits per heavy atom. The number of aryl methyl sites for hydroxylation is 1. The van der Waals surface area contributed by atoms with Gasteiger partial charge in [-0.2, -0.15) is 18.3 Å². The summed E-state index contributed by atoms with van der Waals surface area (Å²) in [5, 5.41) is 3.90. The molecule has 0 heterocycles. The Hall–Kier alpha value is -2.54. The molecule has 8 heteroatoms. The minimum absolute atomic E-state index is 0.223. The van der Waals surface area contributed by atoms with E-state index in [2.05, 4.69) is 10.5 Å². The molecule has 0 aliphatic rings. The second-order valence-electron chi connectivity index (χ2n) is 5.47. The zero-order valence-electron chi connectivity index (χ0n) is 13.8. The number of halogens is 4. The minimum atomic E-state index is -4.36. The lowest BCUT2D eigenvalue weighted by Crippen LogP contribution is -2.18. The first kappa shape index (κ1) is 19.8. The highest BCUT2D eigenvalue weighted by Crippen LogP contribution is 2.23. The topological polar surface area (TPSA) is 50.7 Å². The van der Waals surface area contributed by atoms with E-state index in [0.717, 1.165) is 11.1 Å². The molecule has 0 fully saturated rings. The fraction of sp³-hybridized carbons (Fsp3) is 0.222. The highest BCUT2D eigenvalue weighted by molar-refractivity contribution is 6.30. The lowest BCUT2D eigenvalue weighted by molar-refractivity contribution is -0.120. The van der Waals surface area contributed by atoms with Crippen LogP contribution in [-0.2, 0) is 6.61 Å². The third-order valence-corrected chi connectivity index (χ3v) is 3.54. The maximum Gasteiger partial charge on any atom is 0.394 e. The molecule has 2 rings (SSSR count). The van der Waals surface area contributed by atoms with Crippen molar-refractivity contribution < 1.29 is 22.7 Å². The number of ether oxygens (including phenoxy) is 1. The Balaban J connectivity index is 1.95. The number of alkyl halides is 3. The van der Waals surface area contributed by atoms with Crippen LogP contribution in [0.1, 0.15) is 27.9 Å². The van der Waals surface area contributed by atoms with E-state index in [1.165, 1.54) is 6.07 Å². The summed E-state index contributed by atoms with van der Waals surface area (Å²) in [5.74, 6) is 0.0638. The SMILES string of the molecule is Cc1cc(Cl)ccc1OCc1cccc(C(=O)N/N=C/CC(F)(F)F)c1. The van der Waals surface area contributed by atoms with Gasteiger partial charge in [0.25, 0.3) is 5.91 Å². The molecule has 0 aliphatic carbocycles. The molecular formula is C18H16ClF3N2O2. The van der Waals surface area contributed by atoms with Crippen LogP contribution in [0.3, 0.4) is 0 Å². The summed E-state index contributed by atoms with van der Waals surface area (Å²) >= 11 is 5.89. The molecule has 4 nitrogen and oxygen atoms in total. The number of amides is 1. The normalized spacial score (nSPS) is 11.6. The summed E-state index contributed by atoms with van der Waals surface area (Å²) in [6.45, 7) is 2.09. The molecule has 26 heavy (non-hydrogen) atoms. The molecule has 0 aromatic heterocycles. The van der Waals surface area contributed by atoms with E-state index in [-0.39, 0.29) is 12.2 Å². The van der Waals surface area contributed by atoms with Crippen molar-refractivity contribution in [2.45, 2.75) is 26.1 Å². The summed E-state index contributed by atoms with van der Waals surface area (Å²) in [4.78, 5) is 11.9. The average Bonchev–Trinajstić information content (AvgIpc) is 2.57. The van der Waals surface area contributed by atoms with Gasteiger partial charge < -0.3 is 4.74 Å². The van der Waals surface area contributed by atoms with Crippen molar-refractivity contribution in [1.29, 1.82) is 0 Å². The molecule has 0 saturated carbocycles. The van der Waals surface area contributed by atoms with E-state index >= 15 is 0 Å². The van der Waals surface area contributed by atoms with E-state index in [1.807, 2.05) is 6.92 Å². The van der Waals surface area contributed by atoms with Crippen molar-refractivity contribution in [3.63, 3.8) is 0 Å². The number of hydrogen-bond acceptors (Lipinski definition) is 3. The van der Waals surface area contributed by atoms with Crippen molar-refractivity contribution in [3.05, 3.63) is 64.2 Å². The highest BCUT2D eigenvalue weighted by atomic mass is 35.5. The minimum Gasteiger partial charge on any atom is -0.489 e. The van der Waals surface area contributed by atoms with Gasteiger partial charge in [-0.25, -0.2) is 5.43 Å². The van der Waals surface area contributed by atoms with Gasteiger partial charge in [0.15, 0.2) is 0 Å². The van der Waals surface area contributed by atoms with Crippen LogP contribution in [0.15, 0.2) is 47.6 Å². The van der Waals surface area contributed by atoms with E-state index < -0.39 is 18.5 Å². The average molecular weight is 385 g/mol. The van der Waals surface area contributed by atoms with Crippen LogP contribution in [0.5, 0.6) is 5.75 Å². The first-order valence-electron chi connectivity index (χ1n) is 7.61. The van der Waals surface area contributed by atoms with Crippen molar-refractivity contribution in [2.24, 2.45) is 5.10 Å². The molecule has 138 valence electrons. The van der Waals surface area contributed by atoms with E-state index in [0.29, 0.717) is 17.0 Å². The summed E-state index contributed by atoms with van der Waals surface area (Å²) in [6, 6.07) is 11.8. The van der Waals surface area contributed by atoms with E-state index in [9.17, 15) is 18.0 Å². The van der Waals surface area contributed by atoms with Gasteiger partial charge in [-0.3, -0.25) is 4.79 Å². The summed E-state index contributed by atoms with van der Waals surface area (Å²) < 4.78 is 41.7. The Morgan fingerprint density at radius 1 is 1.27 bits per heavy atom.